The van der Waals surface area contributed by atoms with Gasteiger partial charge in [-0.05, 0) is 34.7 Å². The highest BCUT2D eigenvalue weighted by Crippen LogP contribution is 2.28. The molecule has 2 aromatic carbocycles. The van der Waals surface area contributed by atoms with E-state index in [-0.39, 0.29) is 0 Å². The quantitative estimate of drug-likeness (QED) is 0.602. The topological polar surface area (TPSA) is 0 Å². The molecule has 0 unspecified atom stereocenters. The number of hydrogen-bond donors (Lipinski definition) is 0. The maximum atomic E-state index is 2.25. The molecule has 0 amide bonds. The van der Waals surface area contributed by atoms with Crippen LogP contribution in [-0.2, 0) is 0 Å². The van der Waals surface area contributed by atoms with Crippen molar-refractivity contribution in [3.8, 4) is 0 Å². The van der Waals surface area contributed by atoms with Crippen molar-refractivity contribution in [3.05, 3.63) is 53.6 Å². The van der Waals surface area contributed by atoms with Crippen LogP contribution in [0.2, 0.25) is 0 Å². The molecular weight excluding hydrogens is 216 g/mol. The molecule has 0 saturated heterocycles. The minimum atomic E-state index is 0.574. The monoisotopic (exact) mass is 240 g/mol. The van der Waals surface area contributed by atoms with E-state index >= 15 is 0 Å². The Bertz CT molecular complexity index is 519. The van der Waals surface area contributed by atoms with Gasteiger partial charge in [0.1, 0.15) is 0 Å². The van der Waals surface area contributed by atoms with Gasteiger partial charge >= 0.3 is 0 Å². The molecule has 2 rings (SSSR count). The van der Waals surface area contributed by atoms with Gasteiger partial charge in [0.2, 0.25) is 0 Å². The average Bonchev–Trinajstić information content (AvgIpc) is 2.41. The van der Waals surface area contributed by atoms with Crippen molar-refractivity contribution in [3.63, 3.8) is 0 Å². The Balaban J connectivity index is 0.000000771. The van der Waals surface area contributed by atoms with Gasteiger partial charge in [0.05, 0.1) is 0 Å². The standard InChI is InChI=1S/C16H18.C2H6/c1-4-7-13-10-11-14(12(2)3)16-9-6-5-8-15(13)16;1-2/h4-12H,1-3H3;1-2H3/b7-4+;. The molecule has 0 saturated carbocycles. The lowest BCUT2D eigenvalue weighted by atomic mass is 9.93. The molecule has 0 aliphatic carbocycles. The summed E-state index contributed by atoms with van der Waals surface area (Å²) in [6, 6.07) is 13.1. The van der Waals surface area contributed by atoms with Crippen molar-refractivity contribution < 1.29 is 0 Å². The maximum absolute atomic E-state index is 2.25. The fraction of sp³-hybridized carbons (Fsp3) is 0.333. The van der Waals surface area contributed by atoms with E-state index in [4.69, 9.17) is 0 Å². The fourth-order valence-electron chi connectivity index (χ4n) is 2.17. The average molecular weight is 240 g/mol. The molecule has 0 aliphatic heterocycles. The SMILES string of the molecule is C/C=C/c1ccc(C(C)C)c2ccccc12.CC. The molecule has 18 heavy (non-hydrogen) atoms. The van der Waals surface area contributed by atoms with Crippen LogP contribution >= 0.6 is 0 Å². The molecule has 0 N–H and O–H groups in total. The Morgan fingerprint density at radius 1 is 0.889 bits per heavy atom. The molecule has 96 valence electrons. The lowest BCUT2D eigenvalue weighted by Gasteiger charge is -2.11. The minimum absolute atomic E-state index is 0.574. The van der Waals surface area contributed by atoms with E-state index in [1.807, 2.05) is 13.8 Å². The zero-order chi connectivity index (χ0) is 13.5. The Morgan fingerprint density at radius 3 is 2.06 bits per heavy atom. The van der Waals surface area contributed by atoms with E-state index in [0.29, 0.717) is 5.92 Å². The Labute approximate surface area is 111 Å². The van der Waals surface area contributed by atoms with Gasteiger partial charge in [-0.25, -0.2) is 0 Å². The van der Waals surface area contributed by atoms with Crippen LogP contribution in [0.4, 0.5) is 0 Å². The second kappa shape index (κ2) is 7.00. The Hall–Kier alpha value is -1.56. The van der Waals surface area contributed by atoms with Crippen LogP contribution in [0.3, 0.4) is 0 Å². The van der Waals surface area contributed by atoms with Gasteiger partial charge < -0.3 is 0 Å². The predicted octanol–water partition coefficient (Wildman–Crippen LogP) is 6.02. The largest absolute Gasteiger partial charge is 0.0870 e. The highest BCUT2D eigenvalue weighted by atomic mass is 14.1. The lowest BCUT2D eigenvalue weighted by Crippen LogP contribution is -1.90. The first-order chi connectivity index (χ1) is 8.74. The number of fused-ring (bicyclic) bond motifs is 1. The highest BCUT2D eigenvalue weighted by Gasteiger charge is 2.06. The molecule has 0 heterocycles. The first kappa shape index (κ1) is 14.5. The second-order valence-corrected chi connectivity index (χ2v) is 4.44. The van der Waals surface area contributed by atoms with Crippen LogP contribution in [0.1, 0.15) is 51.7 Å². The summed E-state index contributed by atoms with van der Waals surface area (Å²) in [5.41, 5.74) is 2.74. The van der Waals surface area contributed by atoms with Crippen LogP contribution < -0.4 is 0 Å². The van der Waals surface area contributed by atoms with Gasteiger partial charge in [-0.2, -0.15) is 0 Å². The van der Waals surface area contributed by atoms with Crippen LogP contribution in [0.5, 0.6) is 0 Å². The summed E-state index contributed by atoms with van der Waals surface area (Å²) >= 11 is 0. The molecule has 0 bridgehead atoms. The molecule has 0 nitrogen and oxygen atoms in total. The maximum Gasteiger partial charge on any atom is -0.0109 e. The van der Waals surface area contributed by atoms with E-state index in [0.717, 1.165) is 0 Å². The first-order valence-corrected chi connectivity index (χ1v) is 6.88. The van der Waals surface area contributed by atoms with Gasteiger partial charge in [-0.1, -0.05) is 76.2 Å². The van der Waals surface area contributed by atoms with Crippen LogP contribution in [0.15, 0.2) is 42.5 Å². The number of allylic oxidation sites excluding steroid dienone is 1. The third kappa shape index (κ3) is 3.01. The number of hydrogen-bond acceptors (Lipinski definition) is 0. The van der Waals surface area contributed by atoms with Crippen molar-refractivity contribution in [2.75, 3.05) is 0 Å². The second-order valence-electron chi connectivity index (χ2n) is 4.44. The van der Waals surface area contributed by atoms with Gasteiger partial charge in [0.25, 0.3) is 0 Å². The predicted molar refractivity (Wildman–Crippen MR) is 84.1 cm³/mol. The minimum Gasteiger partial charge on any atom is -0.0870 e. The normalized spacial score (nSPS) is 10.8. The van der Waals surface area contributed by atoms with Crippen molar-refractivity contribution in [1.82, 2.24) is 0 Å². The van der Waals surface area contributed by atoms with Crippen molar-refractivity contribution >= 4 is 16.8 Å². The number of rotatable bonds is 2. The third-order valence-corrected chi connectivity index (χ3v) is 2.96. The van der Waals surface area contributed by atoms with Crippen molar-refractivity contribution in [2.45, 2.75) is 40.5 Å². The fourth-order valence-corrected chi connectivity index (χ4v) is 2.17. The first-order valence-electron chi connectivity index (χ1n) is 6.88. The van der Waals surface area contributed by atoms with E-state index in [1.54, 1.807) is 0 Å². The van der Waals surface area contributed by atoms with Gasteiger partial charge in [-0.15, -0.1) is 0 Å². The summed E-state index contributed by atoms with van der Waals surface area (Å²) in [6.07, 6.45) is 4.27. The van der Waals surface area contributed by atoms with E-state index in [1.165, 1.54) is 21.9 Å². The molecule has 0 aliphatic rings. The van der Waals surface area contributed by atoms with Crippen LogP contribution in [0.25, 0.3) is 16.8 Å². The van der Waals surface area contributed by atoms with Crippen LogP contribution in [-0.4, -0.2) is 0 Å². The molecule has 0 fully saturated rings. The molecule has 0 spiro atoms. The van der Waals surface area contributed by atoms with Gasteiger partial charge in [0.15, 0.2) is 0 Å². The summed E-state index contributed by atoms with van der Waals surface area (Å²) in [5, 5.41) is 2.74. The highest BCUT2D eigenvalue weighted by molar-refractivity contribution is 5.93. The van der Waals surface area contributed by atoms with Gasteiger partial charge in [0, 0.05) is 0 Å². The Kier molecular flexibility index (Phi) is 5.64. The smallest absolute Gasteiger partial charge is 0.0109 e. The van der Waals surface area contributed by atoms with Crippen molar-refractivity contribution in [2.24, 2.45) is 0 Å². The molecular formula is C18H24. The third-order valence-electron chi connectivity index (χ3n) is 2.96. The molecule has 0 heteroatoms. The van der Waals surface area contributed by atoms with Crippen molar-refractivity contribution in [1.29, 1.82) is 0 Å². The summed E-state index contributed by atoms with van der Waals surface area (Å²) < 4.78 is 0. The summed E-state index contributed by atoms with van der Waals surface area (Å²) in [4.78, 5) is 0. The lowest BCUT2D eigenvalue weighted by molar-refractivity contribution is 0.876. The molecule has 0 aromatic heterocycles. The number of benzene rings is 2. The molecule has 0 radical (unpaired) electrons. The van der Waals surface area contributed by atoms with E-state index in [2.05, 4.69) is 69.3 Å². The van der Waals surface area contributed by atoms with Gasteiger partial charge in [-0.3, -0.25) is 0 Å². The van der Waals surface area contributed by atoms with E-state index in [9.17, 15) is 0 Å². The summed E-state index contributed by atoms with van der Waals surface area (Å²) in [5.74, 6) is 0.574. The molecule has 0 atom stereocenters. The summed E-state index contributed by atoms with van der Waals surface area (Å²) in [7, 11) is 0. The zero-order valence-electron chi connectivity index (χ0n) is 12.2. The summed E-state index contributed by atoms with van der Waals surface area (Å²) in [6.45, 7) is 10.6. The molecule has 2 aromatic rings. The zero-order valence-corrected chi connectivity index (χ0v) is 12.2. The van der Waals surface area contributed by atoms with Crippen LogP contribution in [0, 0.1) is 0 Å². The van der Waals surface area contributed by atoms with E-state index < -0.39 is 0 Å². The Morgan fingerprint density at radius 2 is 1.50 bits per heavy atom.